The third-order valence-corrected chi connectivity index (χ3v) is 11.1. The summed E-state index contributed by atoms with van der Waals surface area (Å²) in [6.45, 7) is 6.90. The van der Waals surface area contributed by atoms with E-state index < -0.39 is 71.4 Å². The fourth-order valence-electron chi connectivity index (χ4n) is 6.98. The maximum atomic E-state index is 12.9. The van der Waals surface area contributed by atoms with Gasteiger partial charge >= 0.3 is 5.97 Å². The van der Waals surface area contributed by atoms with E-state index in [9.17, 15) is 68.4 Å². The second-order valence-electron chi connectivity index (χ2n) is 18.7. The first kappa shape index (κ1) is 64.1. The predicted molar refractivity (Wildman–Crippen MR) is 267 cm³/mol. The van der Waals surface area contributed by atoms with Gasteiger partial charge in [0, 0.05) is 96.1 Å². The summed E-state index contributed by atoms with van der Waals surface area (Å²) < 4.78 is 11.0. The second kappa shape index (κ2) is 35.3. The topological polar surface area (TPSA) is 340 Å². The molecule has 0 spiro atoms. The molecule has 0 bridgehead atoms. The average molecular weight is 1060 g/mol. The number of hydroxylamine groups is 6. The molecule has 0 saturated carbocycles. The molecule has 418 valence electrons. The quantitative estimate of drug-likeness (QED) is 0.0155. The minimum atomic E-state index is -1.05. The van der Waals surface area contributed by atoms with Gasteiger partial charge in [-0.3, -0.25) is 68.5 Å². The molecule has 1 heterocycles. The third kappa shape index (κ3) is 28.9. The number of nitrogens with one attached hydrogen (secondary N) is 5. The molecule has 1 aliphatic rings. The number of unbranched alkanes of at least 4 members (excludes halogenated alkanes) is 7. The van der Waals surface area contributed by atoms with Gasteiger partial charge in [0.15, 0.2) is 6.61 Å². The van der Waals surface area contributed by atoms with Crippen LogP contribution in [0.2, 0.25) is 0 Å². The molecule has 10 amide bonds. The van der Waals surface area contributed by atoms with E-state index in [4.69, 9.17) is 9.47 Å². The van der Waals surface area contributed by atoms with Crippen molar-refractivity contribution in [2.45, 2.75) is 142 Å². The van der Waals surface area contributed by atoms with Crippen molar-refractivity contribution >= 4 is 65.0 Å². The van der Waals surface area contributed by atoms with Crippen molar-refractivity contribution in [3.05, 3.63) is 42.0 Å². The van der Waals surface area contributed by atoms with Gasteiger partial charge in [0.2, 0.25) is 35.4 Å². The molecule has 75 heavy (non-hydrogen) atoms. The monoisotopic (exact) mass is 1060 g/mol. The zero-order valence-electron chi connectivity index (χ0n) is 43.7. The van der Waals surface area contributed by atoms with Gasteiger partial charge in [-0.15, -0.1) is 0 Å². The van der Waals surface area contributed by atoms with Crippen LogP contribution < -0.4 is 31.3 Å². The molecule has 25 heteroatoms. The molecule has 0 saturated heterocycles. The summed E-state index contributed by atoms with van der Waals surface area (Å²) in [6.07, 6.45) is 7.72. The minimum absolute atomic E-state index is 0.0278. The minimum Gasteiger partial charge on any atom is -0.484 e. The Kier molecular flexibility index (Phi) is 30.1. The van der Waals surface area contributed by atoms with Gasteiger partial charge in [-0.05, 0) is 116 Å². The van der Waals surface area contributed by atoms with Crippen LogP contribution >= 0.6 is 0 Å². The van der Waals surface area contributed by atoms with Crippen molar-refractivity contribution in [3.63, 3.8) is 0 Å². The van der Waals surface area contributed by atoms with E-state index in [1.165, 1.54) is 37.3 Å². The molecular formula is C50H77N9O16. The number of carbonyl (C=O) groups is 11. The highest BCUT2D eigenvalue weighted by molar-refractivity contribution is 6.12. The summed E-state index contributed by atoms with van der Waals surface area (Å²) in [6, 6.07) is 4.90. The smallest absolute Gasteiger partial charge is 0.329 e. The molecule has 0 aliphatic carbocycles. The molecule has 2 rings (SSSR count). The van der Waals surface area contributed by atoms with Gasteiger partial charge in [-0.2, -0.15) is 0 Å². The van der Waals surface area contributed by atoms with Gasteiger partial charge in [0.25, 0.3) is 23.6 Å². The largest absolute Gasteiger partial charge is 0.484 e. The predicted octanol–water partition coefficient (Wildman–Crippen LogP) is 1.81. The first-order valence-corrected chi connectivity index (χ1v) is 25.4. The third-order valence-electron chi connectivity index (χ3n) is 11.1. The number of ether oxygens (including phenoxy) is 2. The summed E-state index contributed by atoms with van der Waals surface area (Å²) >= 11 is 0. The van der Waals surface area contributed by atoms with E-state index in [1.807, 2.05) is 0 Å². The van der Waals surface area contributed by atoms with E-state index in [2.05, 4.69) is 26.6 Å². The zero-order chi connectivity index (χ0) is 55.8. The standard InChI is InChI=1S/C50H77N9O16/c1-36(60)57(71)30-12-5-9-26-51-40(61)20-22-46(67)58(72)31-13-6-10-27-52-41(62)21-23-47(68)59(73)32-14-7-11-28-53-43(64)35-74-38-18-16-17-37(33-38)48(69)54-34-42(63)55-39(49(70)75-50(2,3)4)19-8-15-29-56-44(65)24-25-45(56)66/h16-18,24-25,33,39,71-73H,5-15,19-23,26-32,34-35H2,1-4H3,(H,51,61)(H,52,62)(H,53,64)(H,54,69)(H,55,63)/t39-/m0/s1. The molecule has 1 aromatic carbocycles. The summed E-state index contributed by atoms with van der Waals surface area (Å²) in [4.78, 5) is 135. The number of rotatable bonds is 37. The number of carbonyl (C=O) groups excluding carboxylic acids is 11. The Hall–Kier alpha value is -6.99. The highest BCUT2D eigenvalue weighted by atomic mass is 16.6. The number of imide groups is 1. The highest BCUT2D eigenvalue weighted by Crippen LogP contribution is 2.15. The molecule has 0 fully saturated rings. The first-order chi connectivity index (χ1) is 35.6. The average Bonchev–Trinajstić information content (AvgIpc) is 3.69. The first-order valence-electron chi connectivity index (χ1n) is 25.4. The van der Waals surface area contributed by atoms with Crippen LogP contribution in [0.1, 0.15) is 141 Å². The Morgan fingerprint density at radius 3 is 1.63 bits per heavy atom. The molecule has 25 nitrogen and oxygen atoms in total. The van der Waals surface area contributed by atoms with Crippen LogP contribution in [-0.4, -0.2) is 171 Å². The normalized spacial score (nSPS) is 12.3. The Labute approximate surface area is 437 Å². The van der Waals surface area contributed by atoms with Gasteiger partial charge in [-0.1, -0.05) is 6.07 Å². The number of hydrogen-bond acceptors (Lipinski definition) is 16. The van der Waals surface area contributed by atoms with E-state index >= 15 is 0 Å². The number of nitrogens with zero attached hydrogens (tertiary/aromatic N) is 4. The van der Waals surface area contributed by atoms with Crippen LogP contribution in [0, 0.1) is 0 Å². The van der Waals surface area contributed by atoms with Crippen molar-refractivity contribution in [1.82, 2.24) is 46.7 Å². The molecule has 1 atom stereocenters. The van der Waals surface area contributed by atoms with Gasteiger partial charge in [0.1, 0.15) is 17.4 Å². The van der Waals surface area contributed by atoms with Crippen LogP contribution in [-0.2, 0) is 52.7 Å². The number of benzene rings is 1. The molecule has 0 aromatic heterocycles. The molecule has 1 aromatic rings. The van der Waals surface area contributed by atoms with Crippen LogP contribution in [0.5, 0.6) is 5.75 Å². The fourth-order valence-corrected chi connectivity index (χ4v) is 6.98. The zero-order valence-corrected chi connectivity index (χ0v) is 43.7. The Bertz CT molecular complexity index is 2100. The number of esters is 1. The van der Waals surface area contributed by atoms with Crippen LogP contribution in [0.25, 0.3) is 0 Å². The van der Waals surface area contributed by atoms with Gasteiger partial charge < -0.3 is 36.1 Å². The lowest BCUT2D eigenvalue weighted by Gasteiger charge is -2.25. The summed E-state index contributed by atoms with van der Waals surface area (Å²) in [5, 5.41) is 44.4. The molecule has 0 unspecified atom stereocenters. The van der Waals surface area contributed by atoms with E-state index in [1.54, 1.807) is 26.8 Å². The van der Waals surface area contributed by atoms with Crippen LogP contribution in [0.3, 0.4) is 0 Å². The van der Waals surface area contributed by atoms with Gasteiger partial charge in [-0.25, -0.2) is 20.0 Å². The molecule has 8 N–H and O–H groups in total. The molecule has 1 aliphatic heterocycles. The Morgan fingerprint density at radius 2 is 1.12 bits per heavy atom. The van der Waals surface area contributed by atoms with Crippen LogP contribution in [0.4, 0.5) is 0 Å². The van der Waals surface area contributed by atoms with Crippen molar-refractivity contribution in [2.24, 2.45) is 0 Å². The highest BCUT2D eigenvalue weighted by Gasteiger charge is 2.28. The summed E-state index contributed by atoms with van der Waals surface area (Å²) in [5.74, 6) is -5.36. The summed E-state index contributed by atoms with van der Waals surface area (Å²) in [5.41, 5.74) is -0.695. The number of amides is 10. The molecular weight excluding hydrogens is 983 g/mol. The van der Waals surface area contributed by atoms with E-state index in [0.717, 1.165) is 4.90 Å². The van der Waals surface area contributed by atoms with Crippen molar-refractivity contribution in [3.8, 4) is 5.75 Å². The van der Waals surface area contributed by atoms with Crippen molar-refractivity contribution in [2.75, 3.05) is 59.0 Å². The van der Waals surface area contributed by atoms with Crippen molar-refractivity contribution in [1.29, 1.82) is 0 Å². The van der Waals surface area contributed by atoms with E-state index in [-0.39, 0.29) is 94.6 Å². The van der Waals surface area contributed by atoms with Gasteiger partial charge in [0.05, 0.1) is 6.54 Å². The Balaban J connectivity index is 1.54. The van der Waals surface area contributed by atoms with Crippen LogP contribution in [0.15, 0.2) is 36.4 Å². The lowest BCUT2D eigenvalue weighted by atomic mass is 10.1. The number of hydrogen-bond donors (Lipinski definition) is 8. The summed E-state index contributed by atoms with van der Waals surface area (Å²) in [7, 11) is 0. The maximum Gasteiger partial charge on any atom is 0.329 e. The van der Waals surface area contributed by atoms with Crippen molar-refractivity contribution < 1.29 is 77.8 Å². The fraction of sp³-hybridized carbons (Fsp3) is 0.620. The maximum absolute atomic E-state index is 12.9. The Morgan fingerprint density at radius 1 is 0.613 bits per heavy atom. The lowest BCUT2D eigenvalue weighted by Crippen LogP contribution is -2.47. The lowest BCUT2D eigenvalue weighted by molar-refractivity contribution is -0.166. The SMILES string of the molecule is CC(=O)N(O)CCCCCNC(=O)CCC(=O)N(O)CCCCCNC(=O)CCC(=O)N(O)CCCCCNC(=O)COc1cccc(C(=O)NCC(=O)N[C@@H](CCCCN2C(=O)C=CC2=O)C(=O)OC(C)(C)C)c1. The molecule has 0 radical (unpaired) electrons. The van der Waals surface area contributed by atoms with E-state index in [0.29, 0.717) is 98.9 Å². The second-order valence-corrected chi connectivity index (χ2v) is 18.7.